The second kappa shape index (κ2) is 5.90. The fourth-order valence-electron chi connectivity index (χ4n) is 1.86. The van der Waals surface area contributed by atoms with Crippen LogP contribution in [0, 0.1) is 29.9 Å². The summed E-state index contributed by atoms with van der Waals surface area (Å²) >= 11 is 0. The van der Waals surface area contributed by atoms with E-state index in [0.29, 0.717) is 5.56 Å². The first-order valence-corrected chi connectivity index (χ1v) is 6.28. The second-order valence-corrected chi connectivity index (χ2v) is 4.67. The fraction of sp³-hybridized carbons (Fsp3) is 0.188. The van der Waals surface area contributed by atoms with Crippen LogP contribution < -0.4 is 4.74 Å². The van der Waals surface area contributed by atoms with E-state index in [1.54, 1.807) is 13.0 Å². The molecule has 1 atom stereocenters. The van der Waals surface area contributed by atoms with Crippen LogP contribution in [0.25, 0.3) is 0 Å². The highest BCUT2D eigenvalue weighted by atomic mass is 19.1. The van der Waals surface area contributed by atoms with Crippen LogP contribution in [0.2, 0.25) is 0 Å². The van der Waals surface area contributed by atoms with Crippen molar-refractivity contribution in [3.05, 3.63) is 58.7 Å². The van der Waals surface area contributed by atoms with E-state index in [1.807, 2.05) is 0 Å². The Kier molecular flexibility index (Phi) is 4.20. The van der Waals surface area contributed by atoms with Crippen molar-refractivity contribution < 1.29 is 18.6 Å². The van der Waals surface area contributed by atoms with E-state index in [2.05, 4.69) is 0 Å². The Labute approximate surface area is 121 Å². The van der Waals surface area contributed by atoms with Crippen molar-refractivity contribution in [3.63, 3.8) is 0 Å². The first kappa shape index (κ1) is 14.9. The lowest BCUT2D eigenvalue weighted by atomic mass is 10.1. The molecular formula is C16H13F2NO2. The van der Waals surface area contributed by atoms with Gasteiger partial charge in [-0.25, -0.2) is 8.78 Å². The van der Waals surface area contributed by atoms with Gasteiger partial charge in [-0.05, 0) is 43.7 Å². The molecule has 2 aromatic carbocycles. The molecule has 0 aromatic heterocycles. The van der Waals surface area contributed by atoms with Crippen molar-refractivity contribution in [2.45, 2.75) is 20.0 Å². The Morgan fingerprint density at radius 1 is 1.19 bits per heavy atom. The molecule has 0 unspecified atom stereocenters. The van der Waals surface area contributed by atoms with Gasteiger partial charge in [0.2, 0.25) is 0 Å². The normalized spacial score (nSPS) is 11.8. The highest BCUT2D eigenvalue weighted by Gasteiger charge is 2.14. The topological polar surface area (TPSA) is 53.2 Å². The molecule has 108 valence electrons. The number of aryl methyl sites for hydroxylation is 1. The van der Waals surface area contributed by atoms with Gasteiger partial charge in [0.15, 0.2) is 0 Å². The number of halogens is 2. The van der Waals surface area contributed by atoms with Crippen molar-refractivity contribution >= 4 is 0 Å². The van der Waals surface area contributed by atoms with Gasteiger partial charge in [0.1, 0.15) is 29.2 Å². The van der Waals surface area contributed by atoms with Crippen LogP contribution in [0.1, 0.15) is 29.7 Å². The molecule has 0 radical (unpaired) electrons. The highest BCUT2D eigenvalue weighted by Crippen LogP contribution is 2.32. The number of nitrogens with zero attached hydrogens (tertiary/aromatic N) is 1. The molecule has 1 N–H and O–H groups in total. The van der Waals surface area contributed by atoms with E-state index in [9.17, 15) is 13.9 Å². The van der Waals surface area contributed by atoms with E-state index < -0.39 is 17.7 Å². The number of aliphatic hydroxyl groups is 1. The summed E-state index contributed by atoms with van der Waals surface area (Å²) in [6.07, 6.45) is -0.932. The third-order valence-electron chi connectivity index (χ3n) is 3.03. The van der Waals surface area contributed by atoms with E-state index >= 15 is 0 Å². The molecule has 3 nitrogen and oxygen atoms in total. The zero-order valence-corrected chi connectivity index (χ0v) is 11.5. The molecule has 0 amide bonds. The molecule has 0 aliphatic carbocycles. The van der Waals surface area contributed by atoms with Crippen LogP contribution >= 0.6 is 0 Å². The minimum Gasteiger partial charge on any atom is -0.457 e. The van der Waals surface area contributed by atoms with Gasteiger partial charge in [-0.2, -0.15) is 5.26 Å². The summed E-state index contributed by atoms with van der Waals surface area (Å²) < 4.78 is 32.6. The molecule has 2 aromatic rings. The highest BCUT2D eigenvalue weighted by molar-refractivity contribution is 5.44. The monoisotopic (exact) mass is 289 g/mol. The van der Waals surface area contributed by atoms with Crippen molar-refractivity contribution in [1.82, 2.24) is 0 Å². The molecule has 0 fully saturated rings. The van der Waals surface area contributed by atoms with Crippen molar-refractivity contribution in [1.29, 1.82) is 5.26 Å². The maximum absolute atomic E-state index is 13.6. The number of aliphatic hydroxyl groups excluding tert-OH is 1. The molecule has 0 aliphatic rings. The van der Waals surface area contributed by atoms with Crippen LogP contribution in [0.3, 0.4) is 0 Å². The molecule has 21 heavy (non-hydrogen) atoms. The van der Waals surface area contributed by atoms with Gasteiger partial charge in [0.05, 0.1) is 11.7 Å². The molecular weight excluding hydrogens is 276 g/mol. The Balaban J connectivity index is 2.42. The number of hydrogen-bond acceptors (Lipinski definition) is 3. The number of benzene rings is 2. The molecule has 0 bridgehead atoms. The number of rotatable bonds is 3. The third kappa shape index (κ3) is 3.18. The molecule has 5 heteroatoms. The van der Waals surface area contributed by atoms with E-state index in [-0.39, 0.29) is 22.6 Å². The summed E-state index contributed by atoms with van der Waals surface area (Å²) in [5, 5.41) is 18.3. The van der Waals surface area contributed by atoms with Crippen LogP contribution in [0.4, 0.5) is 8.78 Å². The summed E-state index contributed by atoms with van der Waals surface area (Å²) in [5.74, 6) is -0.746. The summed E-state index contributed by atoms with van der Waals surface area (Å²) in [6, 6.07) is 8.14. The number of hydrogen-bond donors (Lipinski definition) is 1. The van der Waals surface area contributed by atoms with Crippen LogP contribution in [0.15, 0.2) is 30.3 Å². The largest absolute Gasteiger partial charge is 0.457 e. The van der Waals surface area contributed by atoms with Crippen molar-refractivity contribution in [3.8, 4) is 17.6 Å². The maximum Gasteiger partial charge on any atom is 0.144 e. The Morgan fingerprint density at radius 3 is 2.48 bits per heavy atom. The van der Waals surface area contributed by atoms with Gasteiger partial charge in [0, 0.05) is 11.6 Å². The van der Waals surface area contributed by atoms with Crippen molar-refractivity contribution in [2.24, 2.45) is 0 Å². The third-order valence-corrected chi connectivity index (χ3v) is 3.03. The lowest BCUT2D eigenvalue weighted by molar-refractivity contribution is 0.195. The molecule has 0 heterocycles. The molecule has 0 aliphatic heterocycles. The zero-order valence-electron chi connectivity index (χ0n) is 11.5. The van der Waals surface area contributed by atoms with Crippen LogP contribution in [0.5, 0.6) is 11.5 Å². The van der Waals surface area contributed by atoms with Gasteiger partial charge in [0.25, 0.3) is 0 Å². The van der Waals surface area contributed by atoms with Crippen LogP contribution in [-0.4, -0.2) is 5.11 Å². The average Bonchev–Trinajstić information content (AvgIpc) is 2.42. The predicted molar refractivity (Wildman–Crippen MR) is 73.0 cm³/mol. The van der Waals surface area contributed by atoms with Gasteiger partial charge in [-0.1, -0.05) is 0 Å². The SMILES string of the molecule is Cc1cc(Oc2ccc(C#N)c(F)c2)c([C@@H](C)O)cc1F. The Bertz CT molecular complexity index is 721. The van der Waals surface area contributed by atoms with Crippen LogP contribution in [-0.2, 0) is 0 Å². The van der Waals surface area contributed by atoms with Gasteiger partial charge >= 0.3 is 0 Å². The molecule has 0 spiro atoms. The Hall–Kier alpha value is -2.45. The number of ether oxygens (including phenoxy) is 1. The predicted octanol–water partition coefficient (Wildman–Crippen LogP) is 3.99. The van der Waals surface area contributed by atoms with Gasteiger partial charge < -0.3 is 9.84 Å². The minimum absolute atomic E-state index is 0.0895. The summed E-state index contributed by atoms with van der Waals surface area (Å²) in [7, 11) is 0. The summed E-state index contributed by atoms with van der Waals surface area (Å²) in [6.45, 7) is 3.05. The second-order valence-electron chi connectivity index (χ2n) is 4.67. The lowest BCUT2D eigenvalue weighted by Gasteiger charge is -2.15. The Morgan fingerprint density at radius 2 is 1.90 bits per heavy atom. The van der Waals surface area contributed by atoms with E-state index in [0.717, 1.165) is 6.07 Å². The molecule has 0 saturated carbocycles. The first-order valence-electron chi connectivity index (χ1n) is 6.28. The molecule has 0 saturated heterocycles. The maximum atomic E-state index is 13.6. The number of nitriles is 1. The minimum atomic E-state index is -0.932. The van der Waals surface area contributed by atoms with Gasteiger partial charge in [-0.15, -0.1) is 0 Å². The zero-order chi connectivity index (χ0) is 15.6. The van der Waals surface area contributed by atoms with Crippen molar-refractivity contribution in [2.75, 3.05) is 0 Å². The summed E-state index contributed by atoms with van der Waals surface area (Å²) in [5.41, 5.74) is 0.528. The van der Waals surface area contributed by atoms with E-state index in [4.69, 9.17) is 10.00 Å². The smallest absolute Gasteiger partial charge is 0.144 e. The standard InChI is InChI=1S/C16H13F2NO2/c1-9-5-16(13(10(2)20)7-14(9)17)21-12-4-3-11(8-19)15(18)6-12/h3-7,10,20H,1-2H3/t10-/m1/s1. The van der Waals surface area contributed by atoms with Gasteiger partial charge in [-0.3, -0.25) is 0 Å². The first-order chi connectivity index (χ1) is 9.92. The molecule has 2 rings (SSSR count). The quantitative estimate of drug-likeness (QED) is 0.929. The lowest BCUT2D eigenvalue weighted by Crippen LogP contribution is -1.99. The van der Waals surface area contributed by atoms with E-state index in [1.165, 1.54) is 31.2 Å². The summed E-state index contributed by atoms with van der Waals surface area (Å²) in [4.78, 5) is 0. The fourth-order valence-corrected chi connectivity index (χ4v) is 1.86. The average molecular weight is 289 g/mol.